The molecule has 2 aliphatic heterocycles. The van der Waals surface area contributed by atoms with Gasteiger partial charge in [-0.25, -0.2) is 8.42 Å². The highest BCUT2D eigenvalue weighted by atomic mass is 32.2. The van der Waals surface area contributed by atoms with Gasteiger partial charge in [-0.05, 0) is 50.3 Å². The van der Waals surface area contributed by atoms with Crippen molar-refractivity contribution in [1.82, 2.24) is 14.1 Å². The van der Waals surface area contributed by atoms with E-state index in [2.05, 4.69) is 0 Å². The third kappa shape index (κ3) is 4.12. The van der Waals surface area contributed by atoms with Crippen molar-refractivity contribution in [2.75, 3.05) is 39.3 Å². The summed E-state index contributed by atoms with van der Waals surface area (Å²) in [6.45, 7) is 4.98. The van der Waals surface area contributed by atoms with E-state index in [1.165, 1.54) is 10.4 Å². The molecule has 0 N–H and O–H groups in total. The number of carbonyl (C=O) groups is 2. The maximum Gasteiger partial charge on any atom is 0.254 e. The fourth-order valence-electron chi connectivity index (χ4n) is 4.46. The predicted octanol–water partition coefficient (Wildman–Crippen LogP) is 2.25. The largest absolute Gasteiger partial charge is 0.339 e. The predicted molar refractivity (Wildman–Crippen MR) is 114 cm³/mol. The Hall–Kier alpha value is -1.93. The lowest BCUT2D eigenvalue weighted by Gasteiger charge is -2.38. The molecule has 2 saturated heterocycles. The van der Waals surface area contributed by atoms with Gasteiger partial charge in [-0.2, -0.15) is 4.31 Å². The highest BCUT2D eigenvalue weighted by molar-refractivity contribution is 7.89. The topological polar surface area (TPSA) is 78.0 Å². The molecule has 0 radical (unpaired) electrons. The molecule has 8 heteroatoms. The van der Waals surface area contributed by atoms with Crippen LogP contribution < -0.4 is 0 Å². The zero-order valence-corrected chi connectivity index (χ0v) is 18.5. The van der Waals surface area contributed by atoms with E-state index >= 15 is 0 Å². The van der Waals surface area contributed by atoms with Crippen LogP contribution in [0.4, 0.5) is 0 Å². The van der Waals surface area contributed by atoms with Gasteiger partial charge in [0.1, 0.15) is 0 Å². The molecule has 30 heavy (non-hydrogen) atoms. The molecule has 2 amide bonds. The van der Waals surface area contributed by atoms with E-state index in [1.807, 2.05) is 11.8 Å². The number of rotatable bonds is 4. The number of piperidine rings is 1. The monoisotopic (exact) mass is 433 g/mol. The van der Waals surface area contributed by atoms with Gasteiger partial charge in [-0.3, -0.25) is 9.59 Å². The van der Waals surface area contributed by atoms with Crippen molar-refractivity contribution in [3.8, 4) is 0 Å². The maximum absolute atomic E-state index is 13.2. The average molecular weight is 434 g/mol. The molecule has 3 aliphatic rings. The van der Waals surface area contributed by atoms with E-state index in [0.717, 1.165) is 44.1 Å². The van der Waals surface area contributed by atoms with Crippen molar-refractivity contribution in [1.29, 1.82) is 0 Å². The molecule has 1 aromatic rings. The Morgan fingerprint density at radius 1 is 0.867 bits per heavy atom. The molecule has 7 nitrogen and oxygen atoms in total. The molecule has 3 fully saturated rings. The second kappa shape index (κ2) is 8.67. The summed E-state index contributed by atoms with van der Waals surface area (Å²) in [5.74, 6) is 0.240. The zero-order valence-electron chi connectivity index (χ0n) is 17.7. The number of piperazine rings is 1. The van der Waals surface area contributed by atoms with Gasteiger partial charge in [0, 0.05) is 50.7 Å². The van der Waals surface area contributed by atoms with Gasteiger partial charge in [-0.15, -0.1) is 0 Å². The summed E-state index contributed by atoms with van der Waals surface area (Å²) in [6, 6.07) is 4.86. The van der Waals surface area contributed by atoms with Crippen molar-refractivity contribution in [3.63, 3.8) is 0 Å². The van der Waals surface area contributed by atoms with Gasteiger partial charge in [-0.1, -0.05) is 18.9 Å². The lowest BCUT2D eigenvalue weighted by atomic mass is 9.84. The van der Waals surface area contributed by atoms with Crippen LogP contribution in [-0.4, -0.2) is 73.6 Å². The van der Waals surface area contributed by atoms with Crippen molar-refractivity contribution in [3.05, 3.63) is 29.3 Å². The zero-order chi connectivity index (χ0) is 21.3. The van der Waals surface area contributed by atoms with Crippen LogP contribution in [0.15, 0.2) is 23.1 Å². The molecule has 164 valence electrons. The number of hydrogen-bond acceptors (Lipinski definition) is 4. The summed E-state index contributed by atoms with van der Waals surface area (Å²) < 4.78 is 27.6. The number of benzene rings is 1. The SMILES string of the molecule is Cc1ccc(S(=O)(=O)N2CCCCC2)cc1C(=O)N1CCN(C(=O)C2CCC2)CC1. The Balaban J connectivity index is 1.46. The second-order valence-electron chi connectivity index (χ2n) is 8.69. The van der Waals surface area contributed by atoms with Crippen LogP contribution in [-0.2, 0) is 14.8 Å². The van der Waals surface area contributed by atoms with Gasteiger partial charge in [0.2, 0.25) is 15.9 Å². The molecule has 0 bridgehead atoms. The lowest BCUT2D eigenvalue weighted by Crippen LogP contribution is -2.52. The molecule has 0 spiro atoms. The van der Waals surface area contributed by atoms with E-state index in [1.54, 1.807) is 17.0 Å². The number of hydrogen-bond donors (Lipinski definition) is 0. The van der Waals surface area contributed by atoms with Crippen LogP contribution in [0.25, 0.3) is 0 Å². The normalized spacial score (nSPS) is 21.4. The van der Waals surface area contributed by atoms with Gasteiger partial charge >= 0.3 is 0 Å². The Morgan fingerprint density at radius 3 is 2.10 bits per heavy atom. The second-order valence-corrected chi connectivity index (χ2v) is 10.6. The van der Waals surface area contributed by atoms with Gasteiger partial charge < -0.3 is 9.80 Å². The van der Waals surface area contributed by atoms with Crippen molar-refractivity contribution >= 4 is 21.8 Å². The molecular formula is C22H31N3O4S. The number of aryl methyl sites for hydroxylation is 1. The van der Waals surface area contributed by atoms with Gasteiger partial charge in [0.25, 0.3) is 5.91 Å². The molecule has 0 atom stereocenters. The summed E-state index contributed by atoms with van der Waals surface area (Å²) in [4.78, 5) is 29.4. The van der Waals surface area contributed by atoms with E-state index in [0.29, 0.717) is 44.8 Å². The summed E-state index contributed by atoms with van der Waals surface area (Å²) in [7, 11) is -3.58. The lowest BCUT2D eigenvalue weighted by molar-refractivity contribution is -0.139. The Bertz CT molecular complexity index is 912. The fraction of sp³-hybridized carbons (Fsp3) is 0.636. The molecule has 1 saturated carbocycles. The first kappa shape index (κ1) is 21.3. The third-order valence-electron chi connectivity index (χ3n) is 6.73. The highest BCUT2D eigenvalue weighted by Crippen LogP contribution is 2.29. The van der Waals surface area contributed by atoms with E-state index in [4.69, 9.17) is 0 Å². The first-order valence-electron chi connectivity index (χ1n) is 11.1. The summed E-state index contributed by atoms with van der Waals surface area (Å²) >= 11 is 0. The molecule has 0 unspecified atom stereocenters. The van der Waals surface area contributed by atoms with Crippen molar-refractivity contribution < 1.29 is 18.0 Å². The average Bonchev–Trinajstić information content (AvgIpc) is 2.73. The summed E-state index contributed by atoms with van der Waals surface area (Å²) in [5, 5.41) is 0. The Morgan fingerprint density at radius 2 is 1.50 bits per heavy atom. The molecule has 1 aromatic carbocycles. The third-order valence-corrected chi connectivity index (χ3v) is 8.62. The minimum atomic E-state index is -3.58. The van der Waals surface area contributed by atoms with E-state index < -0.39 is 10.0 Å². The number of amides is 2. The first-order valence-corrected chi connectivity index (χ1v) is 12.5. The molecule has 2 heterocycles. The Labute approximate surface area is 179 Å². The van der Waals surface area contributed by atoms with Crippen LogP contribution in [0, 0.1) is 12.8 Å². The van der Waals surface area contributed by atoms with E-state index in [-0.39, 0.29) is 22.6 Å². The van der Waals surface area contributed by atoms with Crippen LogP contribution in [0.5, 0.6) is 0 Å². The molecular weight excluding hydrogens is 402 g/mol. The number of carbonyl (C=O) groups excluding carboxylic acids is 2. The number of nitrogens with zero attached hydrogens (tertiary/aromatic N) is 3. The van der Waals surface area contributed by atoms with Crippen molar-refractivity contribution in [2.24, 2.45) is 5.92 Å². The quantitative estimate of drug-likeness (QED) is 0.730. The summed E-state index contributed by atoms with van der Waals surface area (Å²) in [5.41, 5.74) is 1.21. The minimum absolute atomic E-state index is 0.154. The smallest absolute Gasteiger partial charge is 0.254 e. The Kier molecular flexibility index (Phi) is 6.16. The van der Waals surface area contributed by atoms with Crippen molar-refractivity contribution in [2.45, 2.75) is 50.3 Å². The molecule has 4 rings (SSSR count). The van der Waals surface area contributed by atoms with Crippen LogP contribution in [0.2, 0.25) is 0 Å². The summed E-state index contributed by atoms with van der Waals surface area (Å²) in [6.07, 6.45) is 5.90. The standard InChI is InChI=1S/C22H31N3O4S/c1-17-8-9-19(30(28,29)25-10-3-2-4-11-25)16-20(17)22(27)24-14-12-23(13-15-24)21(26)18-6-5-7-18/h8-9,16,18H,2-7,10-15H2,1H3. The maximum atomic E-state index is 13.2. The molecule has 1 aliphatic carbocycles. The van der Waals surface area contributed by atoms with E-state index in [9.17, 15) is 18.0 Å². The first-order chi connectivity index (χ1) is 14.4. The number of sulfonamides is 1. The minimum Gasteiger partial charge on any atom is -0.339 e. The highest BCUT2D eigenvalue weighted by Gasteiger charge is 2.33. The van der Waals surface area contributed by atoms with Crippen LogP contribution in [0.1, 0.15) is 54.4 Å². The van der Waals surface area contributed by atoms with Gasteiger partial charge in [0.05, 0.1) is 4.90 Å². The fourth-order valence-corrected chi connectivity index (χ4v) is 6.00. The van der Waals surface area contributed by atoms with Crippen LogP contribution >= 0.6 is 0 Å². The van der Waals surface area contributed by atoms with Crippen LogP contribution in [0.3, 0.4) is 0 Å². The van der Waals surface area contributed by atoms with Gasteiger partial charge in [0.15, 0.2) is 0 Å². The molecule has 0 aromatic heterocycles.